The third-order valence-corrected chi connectivity index (χ3v) is 2.84. The van der Waals surface area contributed by atoms with Crippen molar-refractivity contribution in [1.29, 1.82) is 0 Å². The van der Waals surface area contributed by atoms with Gasteiger partial charge in [0.15, 0.2) is 0 Å². The van der Waals surface area contributed by atoms with E-state index < -0.39 is 0 Å². The lowest BCUT2D eigenvalue weighted by atomic mass is 9.93. The van der Waals surface area contributed by atoms with Gasteiger partial charge < -0.3 is 10.1 Å². The molecule has 82 valence electrons. The maximum absolute atomic E-state index is 11.0. The van der Waals surface area contributed by atoms with E-state index in [-0.39, 0.29) is 5.97 Å². The highest BCUT2D eigenvalue weighted by atomic mass is 16.5. The fourth-order valence-electron chi connectivity index (χ4n) is 2.06. The minimum atomic E-state index is -0.0895. The van der Waals surface area contributed by atoms with Gasteiger partial charge in [-0.3, -0.25) is 4.79 Å². The van der Waals surface area contributed by atoms with Gasteiger partial charge in [-0.25, -0.2) is 0 Å². The van der Waals surface area contributed by atoms with Gasteiger partial charge in [0.1, 0.15) is 0 Å². The van der Waals surface area contributed by atoms with Crippen LogP contribution in [0.5, 0.6) is 0 Å². The van der Waals surface area contributed by atoms with Gasteiger partial charge in [-0.15, -0.1) is 0 Å². The summed E-state index contributed by atoms with van der Waals surface area (Å²) in [6.07, 6.45) is 5.51. The monoisotopic (exact) mass is 199 g/mol. The average molecular weight is 199 g/mol. The highest BCUT2D eigenvalue weighted by Crippen LogP contribution is 2.17. The molecule has 0 aromatic heterocycles. The van der Waals surface area contributed by atoms with Crippen LogP contribution in [-0.2, 0) is 9.53 Å². The SMILES string of the molecule is COC(=O)CC(C)CC1CCCCN1. The lowest BCUT2D eigenvalue weighted by molar-refractivity contribution is -0.141. The third-order valence-electron chi connectivity index (χ3n) is 2.84. The largest absolute Gasteiger partial charge is 0.469 e. The first kappa shape index (κ1) is 11.5. The van der Waals surface area contributed by atoms with E-state index in [0.29, 0.717) is 18.4 Å². The topological polar surface area (TPSA) is 38.3 Å². The van der Waals surface area contributed by atoms with E-state index in [4.69, 9.17) is 0 Å². The second-order valence-corrected chi connectivity index (χ2v) is 4.27. The summed E-state index contributed by atoms with van der Waals surface area (Å²) in [5.74, 6) is 0.339. The average Bonchev–Trinajstić information content (AvgIpc) is 2.19. The number of esters is 1. The summed E-state index contributed by atoms with van der Waals surface area (Å²) in [6, 6.07) is 0.614. The Morgan fingerprint density at radius 3 is 2.93 bits per heavy atom. The highest BCUT2D eigenvalue weighted by molar-refractivity contribution is 5.69. The van der Waals surface area contributed by atoms with Gasteiger partial charge in [0, 0.05) is 12.5 Å². The summed E-state index contributed by atoms with van der Waals surface area (Å²) in [5, 5.41) is 3.49. The number of piperidine rings is 1. The predicted molar refractivity (Wildman–Crippen MR) is 56.1 cm³/mol. The summed E-state index contributed by atoms with van der Waals surface area (Å²) < 4.78 is 4.65. The standard InChI is InChI=1S/C11H21NO2/c1-9(8-11(13)14-2)7-10-5-3-4-6-12-10/h9-10,12H,3-8H2,1-2H3. The van der Waals surface area contributed by atoms with Crippen molar-refractivity contribution in [3.63, 3.8) is 0 Å². The number of ether oxygens (including phenoxy) is 1. The molecule has 0 bridgehead atoms. The molecule has 14 heavy (non-hydrogen) atoms. The summed E-state index contributed by atoms with van der Waals surface area (Å²) in [6.45, 7) is 3.25. The maximum Gasteiger partial charge on any atom is 0.305 e. The number of carbonyl (C=O) groups excluding carboxylic acids is 1. The van der Waals surface area contributed by atoms with Crippen LogP contribution in [0.1, 0.15) is 39.0 Å². The van der Waals surface area contributed by atoms with Gasteiger partial charge in [-0.05, 0) is 31.7 Å². The van der Waals surface area contributed by atoms with Crippen LogP contribution in [0.25, 0.3) is 0 Å². The highest BCUT2D eigenvalue weighted by Gasteiger charge is 2.17. The van der Waals surface area contributed by atoms with Crippen LogP contribution >= 0.6 is 0 Å². The molecule has 1 heterocycles. The Morgan fingerprint density at radius 1 is 1.57 bits per heavy atom. The Balaban J connectivity index is 2.18. The van der Waals surface area contributed by atoms with Crippen molar-refractivity contribution in [2.45, 2.75) is 45.1 Å². The van der Waals surface area contributed by atoms with Gasteiger partial charge >= 0.3 is 5.97 Å². The molecule has 0 aromatic rings. The van der Waals surface area contributed by atoms with Gasteiger partial charge in [0.05, 0.1) is 7.11 Å². The molecule has 1 rings (SSSR count). The van der Waals surface area contributed by atoms with Crippen LogP contribution in [0.2, 0.25) is 0 Å². The number of carbonyl (C=O) groups is 1. The van der Waals surface area contributed by atoms with E-state index in [0.717, 1.165) is 13.0 Å². The number of hydrogen-bond acceptors (Lipinski definition) is 3. The molecule has 1 aliphatic rings. The Hall–Kier alpha value is -0.570. The van der Waals surface area contributed by atoms with Crippen LogP contribution in [0, 0.1) is 5.92 Å². The lowest BCUT2D eigenvalue weighted by Crippen LogP contribution is -2.35. The fraction of sp³-hybridized carbons (Fsp3) is 0.909. The molecule has 0 saturated carbocycles. The molecule has 0 amide bonds. The van der Waals surface area contributed by atoms with Crippen molar-refractivity contribution in [3.8, 4) is 0 Å². The Morgan fingerprint density at radius 2 is 2.36 bits per heavy atom. The van der Waals surface area contributed by atoms with Gasteiger partial charge in [-0.1, -0.05) is 13.3 Å². The van der Waals surface area contributed by atoms with E-state index in [2.05, 4.69) is 17.0 Å². The molecule has 1 aliphatic heterocycles. The first-order chi connectivity index (χ1) is 6.72. The van der Waals surface area contributed by atoms with E-state index in [1.165, 1.54) is 26.4 Å². The zero-order chi connectivity index (χ0) is 10.4. The fourth-order valence-corrected chi connectivity index (χ4v) is 2.06. The van der Waals surface area contributed by atoms with Crippen LogP contribution < -0.4 is 5.32 Å². The molecule has 0 aromatic carbocycles. The second-order valence-electron chi connectivity index (χ2n) is 4.27. The first-order valence-electron chi connectivity index (χ1n) is 5.52. The molecule has 0 radical (unpaired) electrons. The molecule has 3 nitrogen and oxygen atoms in total. The van der Waals surface area contributed by atoms with Crippen molar-refractivity contribution < 1.29 is 9.53 Å². The molecule has 0 spiro atoms. The van der Waals surface area contributed by atoms with Crippen LogP contribution in [-0.4, -0.2) is 25.7 Å². The van der Waals surface area contributed by atoms with Crippen LogP contribution in [0.4, 0.5) is 0 Å². The van der Waals surface area contributed by atoms with E-state index in [9.17, 15) is 4.79 Å². The summed E-state index contributed by atoms with van der Waals surface area (Å²) in [4.78, 5) is 11.0. The quantitative estimate of drug-likeness (QED) is 0.701. The number of methoxy groups -OCH3 is 1. The Bertz CT molecular complexity index is 176. The van der Waals surface area contributed by atoms with Gasteiger partial charge in [0.25, 0.3) is 0 Å². The Labute approximate surface area is 86.2 Å². The molecular formula is C11H21NO2. The summed E-state index contributed by atoms with van der Waals surface area (Å²) in [7, 11) is 1.45. The first-order valence-corrected chi connectivity index (χ1v) is 5.52. The zero-order valence-corrected chi connectivity index (χ0v) is 9.21. The molecule has 2 unspecified atom stereocenters. The minimum absolute atomic E-state index is 0.0895. The smallest absolute Gasteiger partial charge is 0.305 e. The lowest BCUT2D eigenvalue weighted by Gasteiger charge is -2.25. The van der Waals surface area contributed by atoms with Crippen LogP contribution in [0.3, 0.4) is 0 Å². The van der Waals surface area contributed by atoms with E-state index in [1.807, 2.05) is 0 Å². The molecule has 3 heteroatoms. The number of hydrogen-bond donors (Lipinski definition) is 1. The van der Waals surface area contributed by atoms with E-state index >= 15 is 0 Å². The van der Waals surface area contributed by atoms with Crippen molar-refractivity contribution in [1.82, 2.24) is 5.32 Å². The third kappa shape index (κ3) is 4.09. The molecule has 1 saturated heterocycles. The predicted octanol–water partition coefficient (Wildman–Crippen LogP) is 1.72. The Kier molecular flexibility index (Phi) is 4.94. The molecule has 2 atom stereocenters. The summed E-state index contributed by atoms with van der Waals surface area (Å²) in [5.41, 5.74) is 0. The maximum atomic E-state index is 11.0. The zero-order valence-electron chi connectivity index (χ0n) is 9.21. The van der Waals surface area contributed by atoms with Crippen LogP contribution in [0.15, 0.2) is 0 Å². The van der Waals surface area contributed by atoms with Gasteiger partial charge in [-0.2, -0.15) is 0 Å². The van der Waals surface area contributed by atoms with Crippen molar-refractivity contribution in [2.24, 2.45) is 5.92 Å². The second kappa shape index (κ2) is 6.02. The molecule has 1 fully saturated rings. The molecular weight excluding hydrogens is 178 g/mol. The number of rotatable bonds is 4. The number of nitrogens with one attached hydrogen (secondary N) is 1. The van der Waals surface area contributed by atoms with Gasteiger partial charge in [0.2, 0.25) is 0 Å². The normalized spacial score (nSPS) is 24.3. The van der Waals surface area contributed by atoms with Crippen molar-refractivity contribution >= 4 is 5.97 Å². The van der Waals surface area contributed by atoms with Crippen molar-refractivity contribution in [2.75, 3.05) is 13.7 Å². The molecule has 1 N–H and O–H groups in total. The summed E-state index contributed by atoms with van der Waals surface area (Å²) >= 11 is 0. The molecule has 0 aliphatic carbocycles. The van der Waals surface area contributed by atoms with E-state index in [1.54, 1.807) is 0 Å². The van der Waals surface area contributed by atoms with Crippen molar-refractivity contribution in [3.05, 3.63) is 0 Å². The minimum Gasteiger partial charge on any atom is -0.469 e.